The van der Waals surface area contributed by atoms with Crippen molar-refractivity contribution < 1.29 is 8.84 Å². The third-order valence-corrected chi connectivity index (χ3v) is 1.30. The van der Waals surface area contributed by atoms with Gasteiger partial charge < -0.3 is 8.84 Å². The highest BCUT2D eigenvalue weighted by Crippen LogP contribution is 2.05. The zero-order chi connectivity index (χ0) is 7.98. The van der Waals surface area contributed by atoms with E-state index in [4.69, 9.17) is 8.84 Å². The van der Waals surface area contributed by atoms with Crippen molar-refractivity contribution in [1.29, 1.82) is 0 Å². The Balaban J connectivity index is 2.91. The van der Waals surface area contributed by atoms with E-state index in [1.807, 2.05) is 27.7 Å². The van der Waals surface area contributed by atoms with Crippen LogP contribution >= 0.6 is 11.9 Å². The second-order valence-corrected chi connectivity index (χ2v) is 3.10. The predicted molar refractivity (Wildman–Crippen MR) is 45.8 cm³/mol. The van der Waals surface area contributed by atoms with E-state index in [2.05, 4.69) is 0 Å². The Bertz CT molecular complexity index is 68.1. The molecular weight excluding hydrogens is 147 g/mol. The molecule has 2 nitrogen and oxygen atoms in total. The molecule has 0 amide bonds. The van der Waals surface area contributed by atoms with Gasteiger partial charge in [-0.3, -0.25) is 0 Å². The topological polar surface area (TPSA) is 18.5 Å². The maximum Gasteiger partial charge on any atom is 0.406 e. The molecule has 0 bridgehead atoms. The molecule has 0 atom stereocenters. The molecule has 10 heavy (non-hydrogen) atoms. The van der Waals surface area contributed by atoms with Crippen LogP contribution in [0.4, 0.5) is 0 Å². The standard InChI is InChI=1S/C6H14BO2S/c1-5(2)8-7-10-9-6(3)4/h5-6H,1-4H3. The average molecular weight is 161 g/mol. The predicted octanol–water partition coefficient (Wildman–Crippen LogP) is 2.02. The van der Waals surface area contributed by atoms with Crippen LogP contribution in [0.3, 0.4) is 0 Å². The molecule has 4 heteroatoms. The molecule has 0 heterocycles. The molecular formula is C6H14BO2S. The molecule has 0 aliphatic rings. The van der Waals surface area contributed by atoms with Gasteiger partial charge in [-0.05, 0) is 39.6 Å². The minimum absolute atomic E-state index is 0.239. The van der Waals surface area contributed by atoms with Crippen LogP contribution in [0.2, 0.25) is 0 Å². The van der Waals surface area contributed by atoms with Gasteiger partial charge in [0.15, 0.2) is 0 Å². The third kappa shape index (κ3) is 8.33. The van der Waals surface area contributed by atoms with Crippen LogP contribution in [-0.4, -0.2) is 19.0 Å². The highest BCUT2D eigenvalue weighted by Gasteiger charge is 1.99. The van der Waals surface area contributed by atoms with Crippen LogP contribution in [-0.2, 0) is 8.84 Å². The van der Waals surface area contributed by atoms with Gasteiger partial charge in [0, 0.05) is 6.10 Å². The first kappa shape index (κ1) is 10.3. The summed E-state index contributed by atoms with van der Waals surface area (Å²) in [7, 11) is 0. The van der Waals surface area contributed by atoms with Crippen LogP contribution in [0.5, 0.6) is 0 Å². The summed E-state index contributed by atoms with van der Waals surface area (Å²) < 4.78 is 10.2. The molecule has 1 radical (unpaired) electrons. The Kier molecular flexibility index (Phi) is 6.27. The van der Waals surface area contributed by atoms with E-state index >= 15 is 0 Å². The molecule has 0 saturated heterocycles. The summed E-state index contributed by atoms with van der Waals surface area (Å²) in [6.07, 6.45) is 0.486. The van der Waals surface area contributed by atoms with E-state index in [0.717, 1.165) is 0 Å². The summed E-state index contributed by atoms with van der Waals surface area (Å²) in [4.78, 5) is 0. The highest BCUT2D eigenvalue weighted by atomic mass is 32.2. The van der Waals surface area contributed by atoms with Gasteiger partial charge in [0.25, 0.3) is 0 Å². The molecule has 0 aromatic carbocycles. The monoisotopic (exact) mass is 161 g/mol. The van der Waals surface area contributed by atoms with E-state index in [0.29, 0.717) is 0 Å². The van der Waals surface area contributed by atoms with Crippen LogP contribution < -0.4 is 0 Å². The largest absolute Gasteiger partial charge is 0.425 e. The number of hydrogen-bond acceptors (Lipinski definition) is 3. The Morgan fingerprint density at radius 2 is 1.70 bits per heavy atom. The van der Waals surface area contributed by atoms with Crippen molar-refractivity contribution >= 4 is 18.7 Å². The summed E-state index contributed by atoms with van der Waals surface area (Å²) in [5, 5.41) is 0. The van der Waals surface area contributed by atoms with Crippen molar-refractivity contribution in [3.05, 3.63) is 0 Å². The minimum Gasteiger partial charge on any atom is -0.425 e. The molecule has 0 unspecified atom stereocenters. The Hall–Kier alpha value is 0.335. The molecule has 59 valence electrons. The van der Waals surface area contributed by atoms with Gasteiger partial charge in [-0.1, -0.05) is 0 Å². The number of rotatable bonds is 5. The van der Waals surface area contributed by atoms with Crippen molar-refractivity contribution in [2.45, 2.75) is 39.9 Å². The second-order valence-electron chi connectivity index (χ2n) is 2.52. The maximum absolute atomic E-state index is 5.13. The van der Waals surface area contributed by atoms with E-state index in [1.165, 1.54) is 11.9 Å². The average Bonchev–Trinajstić information content (AvgIpc) is 1.79. The Morgan fingerprint density at radius 3 is 2.10 bits per heavy atom. The fourth-order valence-electron chi connectivity index (χ4n) is 0.268. The second kappa shape index (κ2) is 6.07. The van der Waals surface area contributed by atoms with E-state index in [1.54, 1.807) is 6.76 Å². The lowest BCUT2D eigenvalue weighted by Crippen LogP contribution is -2.06. The van der Waals surface area contributed by atoms with Crippen LogP contribution in [0.1, 0.15) is 27.7 Å². The molecule has 0 aromatic rings. The van der Waals surface area contributed by atoms with Gasteiger partial charge >= 0.3 is 6.76 Å². The van der Waals surface area contributed by atoms with Crippen LogP contribution in [0.25, 0.3) is 0 Å². The van der Waals surface area contributed by atoms with Crippen molar-refractivity contribution in [2.24, 2.45) is 0 Å². The molecule has 0 aromatic heterocycles. The number of hydrogen-bond donors (Lipinski definition) is 0. The fourth-order valence-corrected chi connectivity index (χ4v) is 0.803. The summed E-state index contributed by atoms with van der Waals surface area (Å²) in [5.74, 6) is 0. The molecule has 0 spiro atoms. The smallest absolute Gasteiger partial charge is 0.406 e. The minimum atomic E-state index is 0.239. The summed E-state index contributed by atoms with van der Waals surface area (Å²) >= 11 is 1.24. The molecule has 0 saturated carbocycles. The summed E-state index contributed by atoms with van der Waals surface area (Å²) in [6, 6.07) is 0. The van der Waals surface area contributed by atoms with Crippen molar-refractivity contribution in [3.8, 4) is 0 Å². The maximum atomic E-state index is 5.13. The summed E-state index contributed by atoms with van der Waals surface area (Å²) in [6.45, 7) is 9.54. The van der Waals surface area contributed by atoms with Gasteiger partial charge in [-0.2, -0.15) is 0 Å². The molecule has 0 aliphatic heterocycles. The van der Waals surface area contributed by atoms with Crippen LogP contribution in [0.15, 0.2) is 0 Å². The first-order valence-electron chi connectivity index (χ1n) is 3.42. The SMILES string of the molecule is CC(C)O[B]SOC(C)C. The lowest BCUT2D eigenvalue weighted by atomic mass is 10.4. The molecule has 0 rings (SSSR count). The van der Waals surface area contributed by atoms with Crippen molar-refractivity contribution in [1.82, 2.24) is 0 Å². The van der Waals surface area contributed by atoms with Gasteiger partial charge in [0.1, 0.15) is 0 Å². The normalized spacial score (nSPS) is 11.0. The van der Waals surface area contributed by atoms with Gasteiger partial charge in [-0.25, -0.2) is 0 Å². The lowest BCUT2D eigenvalue weighted by Gasteiger charge is -2.06. The Morgan fingerprint density at radius 1 is 1.10 bits per heavy atom. The van der Waals surface area contributed by atoms with E-state index < -0.39 is 0 Å². The van der Waals surface area contributed by atoms with Crippen molar-refractivity contribution in [3.63, 3.8) is 0 Å². The quantitative estimate of drug-likeness (QED) is 0.349. The zero-order valence-corrected chi connectivity index (χ0v) is 7.77. The first-order chi connectivity index (χ1) is 4.63. The van der Waals surface area contributed by atoms with Gasteiger partial charge in [0.2, 0.25) is 0 Å². The summed E-state index contributed by atoms with van der Waals surface area (Å²) in [5.41, 5.74) is 0. The lowest BCUT2D eigenvalue weighted by molar-refractivity contribution is 0.257. The fraction of sp³-hybridized carbons (Fsp3) is 1.00. The van der Waals surface area contributed by atoms with E-state index in [-0.39, 0.29) is 12.2 Å². The molecule has 0 aliphatic carbocycles. The van der Waals surface area contributed by atoms with Crippen molar-refractivity contribution in [2.75, 3.05) is 0 Å². The molecule has 0 fully saturated rings. The van der Waals surface area contributed by atoms with E-state index in [9.17, 15) is 0 Å². The first-order valence-corrected chi connectivity index (χ1v) is 4.22. The molecule has 0 N–H and O–H groups in total. The van der Waals surface area contributed by atoms with Gasteiger partial charge in [0.05, 0.1) is 6.10 Å². The Labute approximate surface area is 68.0 Å². The van der Waals surface area contributed by atoms with Crippen LogP contribution in [0, 0.1) is 0 Å². The highest BCUT2D eigenvalue weighted by molar-refractivity contribution is 8.18. The zero-order valence-electron chi connectivity index (χ0n) is 6.96. The van der Waals surface area contributed by atoms with Gasteiger partial charge in [-0.15, -0.1) is 0 Å². The third-order valence-electron chi connectivity index (χ3n) is 0.615.